The molecule has 2 atom stereocenters. The standard InChI is InChI=1S/C29H37ClN6O5/c1-16-25(24-17(2)34-41-18(24)3)32-26(22-12-21(6-7-23(22)30)40-14-20(37)13-31-5)33-27(16)36-15-29(19(36)4)8-10-35(11-9-29)28(38)39/h6-7,12,19-20,31,37H,8-11,13-15H2,1-5H3,(H,38,39)/t19-,20?/m1/s1. The molecular formula is C29H37ClN6O5. The second kappa shape index (κ2) is 11.5. The van der Waals surface area contributed by atoms with Crippen molar-refractivity contribution >= 4 is 23.5 Å². The first kappa shape index (κ1) is 29.1. The zero-order chi connectivity index (χ0) is 29.5. The molecule has 0 aliphatic carbocycles. The molecule has 3 aromatic rings. The van der Waals surface area contributed by atoms with Crippen LogP contribution in [0.5, 0.6) is 5.75 Å². The molecule has 1 unspecified atom stereocenters. The highest BCUT2D eigenvalue weighted by Crippen LogP contribution is 2.49. The Labute approximate surface area is 244 Å². The van der Waals surface area contributed by atoms with E-state index in [4.69, 9.17) is 30.8 Å². The van der Waals surface area contributed by atoms with Crippen LogP contribution in [0.3, 0.4) is 0 Å². The molecule has 4 heterocycles. The Kier molecular flexibility index (Phi) is 8.13. The number of aryl methyl sites for hydroxylation is 2. The number of hydrogen-bond acceptors (Lipinski definition) is 9. The van der Waals surface area contributed by atoms with Crippen molar-refractivity contribution in [3.63, 3.8) is 0 Å². The first-order valence-electron chi connectivity index (χ1n) is 13.9. The number of aromatic nitrogens is 3. The van der Waals surface area contributed by atoms with E-state index in [9.17, 15) is 15.0 Å². The number of ether oxygens (including phenoxy) is 1. The summed E-state index contributed by atoms with van der Waals surface area (Å²) in [5.74, 6) is 2.46. The number of halogens is 1. The molecule has 1 amide bonds. The molecule has 3 N–H and O–H groups in total. The number of aliphatic hydroxyl groups excluding tert-OH is 1. The molecule has 0 bridgehead atoms. The number of hydrogen-bond donors (Lipinski definition) is 3. The molecule has 2 aliphatic rings. The number of rotatable bonds is 8. The Morgan fingerprint density at radius 2 is 2.00 bits per heavy atom. The normalized spacial score (nSPS) is 18.9. The number of likely N-dealkylation sites (N-methyl/N-ethyl adjacent to an activating group) is 1. The van der Waals surface area contributed by atoms with Gasteiger partial charge in [0.05, 0.1) is 22.0 Å². The summed E-state index contributed by atoms with van der Waals surface area (Å²) < 4.78 is 11.3. The molecule has 0 saturated carbocycles. The van der Waals surface area contributed by atoms with Gasteiger partial charge in [-0.1, -0.05) is 16.8 Å². The van der Waals surface area contributed by atoms with Crippen molar-refractivity contribution in [2.24, 2.45) is 5.41 Å². The lowest BCUT2D eigenvalue weighted by Gasteiger charge is -2.60. The number of anilines is 1. The predicted molar refractivity (Wildman–Crippen MR) is 156 cm³/mol. The third kappa shape index (κ3) is 5.45. The summed E-state index contributed by atoms with van der Waals surface area (Å²) in [5, 5.41) is 27.1. The highest BCUT2D eigenvalue weighted by molar-refractivity contribution is 6.33. The quantitative estimate of drug-likeness (QED) is 0.351. The average Bonchev–Trinajstić information content (AvgIpc) is 3.29. The van der Waals surface area contributed by atoms with E-state index < -0.39 is 12.2 Å². The van der Waals surface area contributed by atoms with E-state index in [1.807, 2.05) is 20.8 Å². The van der Waals surface area contributed by atoms with Crippen molar-refractivity contribution in [2.45, 2.75) is 52.7 Å². The van der Waals surface area contributed by atoms with Crippen LogP contribution in [0.2, 0.25) is 5.02 Å². The minimum Gasteiger partial charge on any atom is -0.491 e. The van der Waals surface area contributed by atoms with Gasteiger partial charge in [0.1, 0.15) is 30.0 Å². The molecule has 12 heteroatoms. The summed E-state index contributed by atoms with van der Waals surface area (Å²) >= 11 is 6.70. The minimum absolute atomic E-state index is 0.0340. The molecule has 2 fully saturated rings. The fraction of sp³-hybridized carbons (Fsp3) is 0.517. The number of carbonyl (C=O) groups is 1. The van der Waals surface area contributed by atoms with Crippen LogP contribution >= 0.6 is 11.6 Å². The lowest BCUT2D eigenvalue weighted by atomic mass is 9.66. The fourth-order valence-corrected chi connectivity index (χ4v) is 6.23. The number of nitrogens with one attached hydrogen (secondary N) is 1. The smallest absolute Gasteiger partial charge is 0.407 e. The van der Waals surface area contributed by atoms with Crippen molar-refractivity contribution in [1.29, 1.82) is 0 Å². The second-order valence-corrected chi connectivity index (χ2v) is 11.6. The second-order valence-electron chi connectivity index (χ2n) is 11.1. The topological polar surface area (TPSA) is 137 Å². The SMILES string of the molecule is CNCC(O)COc1ccc(Cl)c(-c2nc(-c3c(C)noc3C)c(C)c(N3CC4(CCN(C(=O)O)CC4)[C@H]3C)n2)c1. The van der Waals surface area contributed by atoms with Gasteiger partial charge >= 0.3 is 6.09 Å². The lowest BCUT2D eigenvalue weighted by Crippen LogP contribution is -2.67. The fourth-order valence-electron chi connectivity index (χ4n) is 6.03. The van der Waals surface area contributed by atoms with Crippen molar-refractivity contribution in [3.8, 4) is 28.4 Å². The molecule has 0 radical (unpaired) electrons. The third-order valence-corrected chi connectivity index (χ3v) is 8.92. The number of carboxylic acid groups (broad SMARTS) is 1. The highest BCUT2D eigenvalue weighted by Gasteiger charge is 2.52. The molecule has 220 valence electrons. The van der Waals surface area contributed by atoms with Crippen LogP contribution in [-0.2, 0) is 0 Å². The summed E-state index contributed by atoms with van der Waals surface area (Å²) in [4.78, 5) is 25.3. The lowest BCUT2D eigenvalue weighted by molar-refractivity contribution is 0.0399. The van der Waals surface area contributed by atoms with Crippen molar-refractivity contribution in [2.75, 3.05) is 44.7 Å². The minimum atomic E-state index is -0.858. The van der Waals surface area contributed by atoms with Gasteiger partial charge in [-0.3, -0.25) is 0 Å². The van der Waals surface area contributed by atoms with Gasteiger partial charge in [0, 0.05) is 48.8 Å². The molecule has 2 aromatic heterocycles. The number of nitrogens with zero attached hydrogens (tertiary/aromatic N) is 5. The van der Waals surface area contributed by atoms with Crippen LogP contribution in [0.1, 0.15) is 36.8 Å². The third-order valence-electron chi connectivity index (χ3n) is 8.59. The van der Waals surface area contributed by atoms with E-state index in [1.165, 1.54) is 4.90 Å². The Morgan fingerprint density at radius 1 is 1.27 bits per heavy atom. The summed E-state index contributed by atoms with van der Waals surface area (Å²) in [6.45, 7) is 10.3. The van der Waals surface area contributed by atoms with E-state index in [0.717, 1.165) is 47.7 Å². The molecule has 5 rings (SSSR count). The van der Waals surface area contributed by atoms with Crippen LogP contribution in [0.25, 0.3) is 22.6 Å². The van der Waals surface area contributed by atoms with Crippen LogP contribution in [0.15, 0.2) is 22.7 Å². The molecule has 1 spiro atoms. The predicted octanol–water partition coefficient (Wildman–Crippen LogP) is 4.31. The van der Waals surface area contributed by atoms with E-state index in [0.29, 0.717) is 47.6 Å². The highest BCUT2D eigenvalue weighted by atomic mass is 35.5. The summed E-state index contributed by atoms with van der Waals surface area (Å²) in [6.07, 6.45) is 0.115. The van der Waals surface area contributed by atoms with Gasteiger partial charge in [-0.25, -0.2) is 14.8 Å². The number of likely N-dealkylation sites (tertiary alicyclic amines) is 1. The van der Waals surface area contributed by atoms with Crippen LogP contribution in [-0.4, -0.2) is 88.3 Å². The van der Waals surface area contributed by atoms with Gasteiger partial charge in [-0.05, 0) is 65.8 Å². The first-order valence-corrected chi connectivity index (χ1v) is 14.2. The summed E-state index contributed by atoms with van der Waals surface area (Å²) in [6, 6.07) is 5.46. The molecule has 2 saturated heterocycles. The number of benzene rings is 1. The van der Waals surface area contributed by atoms with Crippen molar-refractivity contribution in [3.05, 3.63) is 40.2 Å². The maximum absolute atomic E-state index is 11.5. The van der Waals surface area contributed by atoms with E-state index in [2.05, 4.69) is 22.3 Å². The molecular weight excluding hydrogens is 548 g/mol. The van der Waals surface area contributed by atoms with Crippen LogP contribution in [0, 0.1) is 26.2 Å². The Balaban J connectivity index is 1.53. The van der Waals surface area contributed by atoms with Crippen molar-refractivity contribution in [1.82, 2.24) is 25.3 Å². The van der Waals surface area contributed by atoms with Crippen LogP contribution < -0.4 is 15.0 Å². The van der Waals surface area contributed by atoms with Gasteiger partial charge in [0.15, 0.2) is 5.82 Å². The summed E-state index contributed by atoms with van der Waals surface area (Å²) in [5.41, 5.74) is 3.83. The van der Waals surface area contributed by atoms with Crippen molar-refractivity contribution < 1.29 is 24.3 Å². The Hall–Kier alpha value is -3.41. The monoisotopic (exact) mass is 584 g/mol. The van der Waals surface area contributed by atoms with Gasteiger partial charge in [0.2, 0.25) is 0 Å². The average molecular weight is 585 g/mol. The number of piperidine rings is 1. The molecule has 1 aromatic carbocycles. The Morgan fingerprint density at radius 3 is 2.61 bits per heavy atom. The molecule has 11 nitrogen and oxygen atoms in total. The van der Waals surface area contributed by atoms with E-state index in [1.54, 1.807) is 25.2 Å². The number of aliphatic hydroxyl groups is 1. The van der Waals surface area contributed by atoms with E-state index in [-0.39, 0.29) is 18.1 Å². The van der Waals surface area contributed by atoms with Gasteiger partial charge in [-0.15, -0.1) is 0 Å². The molecule has 41 heavy (non-hydrogen) atoms. The summed E-state index contributed by atoms with van der Waals surface area (Å²) in [7, 11) is 1.77. The largest absolute Gasteiger partial charge is 0.491 e. The van der Waals surface area contributed by atoms with Crippen LogP contribution in [0.4, 0.5) is 10.6 Å². The zero-order valence-corrected chi connectivity index (χ0v) is 24.8. The maximum atomic E-state index is 11.5. The number of amides is 1. The van der Waals surface area contributed by atoms with Gasteiger partial charge in [0.25, 0.3) is 0 Å². The van der Waals surface area contributed by atoms with Gasteiger partial charge < -0.3 is 34.6 Å². The first-order chi connectivity index (χ1) is 19.5. The Bertz CT molecular complexity index is 1420. The maximum Gasteiger partial charge on any atom is 0.407 e. The zero-order valence-electron chi connectivity index (χ0n) is 24.1. The van der Waals surface area contributed by atoms with Gasteiger partial charge in [-0.2, -0.15) is 0 Å². The van der Waals surface area contributed by atoms with E-state index >= 15 is 0 Å². The molecule has 2 aliphatic heterocycles.